The smallest absolute Gasteiger partial charge is 0.0632 e. The Hall–Kier alpha value is -1.05. The molecular formula is C19H27NO. The van der Waals surface area contributed by atoms with Gasteiger partial charge in [-0.1, -0.05) is 37.2 Å². The molecule has 0 aliphatic heterocycles. The van der Waals surface area contributed by atoms with E-state index in [1.807, 2.05) is 0 Å². The summed E-state index contributed by atoms with van der Waals surface area (Å²) in [5, 5.41) is 13.0. The highest BCUT2D eigenvalue weighted by atomic mass is 16.4. The maximum Gasteiger partial charge on any atom is 0.0632 e. The van der Waals surface area contributed by atoms with Crippen LogP contribution in [0.1, 0.15) is 58.8 Å². The maximum absolute atomic E-state index is 9.37. The molecule has 2 heteroatoms. The van der Waals surface area contributed by atoms with Crippen molar-refractivity contribution in [2.75, 3.05) is 0 Å². The summed E-state index contributed by atoms with van der Waals surface area (Å²) in [6.07, 6.45) is 15.8. The van der Waals surface area contributed by atoms with E-state index < -0.39 is 0 Å². The zero-order valence-corrected chi connectivity index (χ0v) is 13.3. The van der Waals surface area contributed by atoms with E-state index in [9.17, 15) is 5.21 Å². The molecule has 4 aliphatic carbocycles. The van der Waals surface area contributed by atoms with Crippen molar-refractivity contribution in [3.05, 3.63) is 23.8 Å². The van der Waals surface area contributed by atoms with E-state index in [-0.39, 0.29) is 5.41 Å². The molecule has 0 aromatic heterocycles. The predicted octanol–water partition coefficient (Wildman–Crippen LogP) is 4.95. The van der Waals surface area contributed by atoms with Crippen LogP contribution in [0.3, 0.4) is 0 Å². The van der Waals surface area contributed by atoms with Gasteiger partial charge in [0.1, 0.15) is 0 Å². The van der Waals surface area contributed by atoms with Gasteiger partial charge >= 0.3 is 0 Å². The summed E-state index contributed by atoms with van der Waals surface area (Å²) < 4.78 is 0. The van der Waals surface area contributed by atoms with Gasteiger partial charge in [0.2, 0.25) is 0 Å². The SMILES string of the molecule is C[C@]12CCC=CC1=CC[C@@H]1[C@@H]2CC[C@]2(C)/C(=N\O)CC[C@@H]12. The van der Waals surface area contributed by atoms with Gasteiger partial charge in [0, 0.05) is 5.41 Å². The lowest BCUT2D eigenvalue weighted by Crippen LogP contribution is -2.49. The second-order valence-corrected chi connectivity index (χ2v) is 8.17. The number of hydrogen-bond donors (Lipinski definition) is 1. The van der Waals surface area contributed by atoms with Crippen molar-refractivity contribution < 1.29 is 5.21 Å². The number of nitrogens with zero attached hydrogens (tertiary/aromatic N) is 1. The minimum atomic E-state index is 0.169. The molecule has 114 valence electrons. The van der Waals surface area contributed by atoms with Crippen LogP contribution in [0.15, 0.2) is 29.0 Å². The molecular weight excluding hydrogens is 258 g/mol. The summed E-state index contributed by atoms with van der Waals surface area (Å²) >= 11 is 0. The summed E-state index contributed by atoms with van der Waals surface area (Å²) in [5.74, 6) is 2.35. The van der Waals surface area contributed by atoms with Crippen molar-refractivity contribution in [1.82, 2.24) is 0 Å². The molecule has 0 radical (unpaired) electrons. The van der Waals surface area contributed by atoms with Crippen molar-refractivity contribution in [3.8, 4) is 0 Å². The fraction of sp³-hybridized carbons (Fsp3) is 0.737. The van der Waals surface area contributed by atoms with Gasteiger partial charge in [0.25, 0.3) is 0 Å². The Balaban J connectivity index is 1.73. The molecule has 4 rings (SSSR count). The Morgan fingerprint density at radius 1 is 1.14 bits per heavy atom. The van der Waals surface area contributed by atoms with E-state index in [4.69, 9.17) is 0 Å². The molecule has 2 fully saturated rings. The quantitative estimate of drug-likeness (QED) is 0.496. The first kappa shape index (κ1) is 13.6. The van der Waals surface area contributed by atoms with E-state index in [1.54, 1.807) is 5.57 Å². The van der Waals surface area contributed by atoms with Crippen LogP contribution in [0.25, 0.3) is 0 Å². The number of oxime groups is 1. The standard InChI is InChI=1S/C19H27NO/c1-18-11-4-3-5-13(18)6-7-14-15-8-9-17(20-21)19(15,2)12-10-16(14)18/h3,5-6,14-16,21H,4,7-12H2,1-2H3/b20-17-/t14-,15-,16-,18-,19-/m0/s1. The van der Waals surface area contributed by atoms with Crippen LogP contribution in [0.2, 0.25) is 0 Å². The molecule has 0 unspecified atom stereocenters. The molecule has 0 aromatic rings. The third kappa shape index (κ3) is 1.68. The van der Waals surface area contributed by atoms with E-state index in [0.717, 1.165) is 29.9 Å². The predicted molar refractivity (Wildman–Crippen MR) is 85.4 cm³/mol. The largest absolute Gasteiger partial charge is 0.411 e. The molecule has 0 heterocycles. The van der Waals surface area contributed by atoms with Crippen molar-refractivity contribution in [2.24, 2.45) is 33.7 Å². The fourth-order valence-corrected chi connectivity index (χ4v) is 6.25. The molecule has 2 saturated carbocycles. The summed E-state index contributed by atoms with van der Waals surface area (Å²) in [6, 6.07) is 0. The third-order valence-electron chi connectivity index (χ3n) is 7.51. The van der Waals surface area contributed by atoms with Crippen molar-refractivity contribution >= 4 is 5.71 Å². The lowest BCUT2D eigenvalue weighted by Gasteiger charge is -2.55. The normalized spacial score (nSPS) is 50.3. The van der Waals surface area contributed by atoms with Gasteiger partial charge in [0.15, 0.2) is 0 Å². The van der Waals surface area contributed by atoms with Crippen molar-refractivity contribution in [1.29, 1.82) is 0 Å². The molecule has 0 aromatic carbocycles. The van der Waals surface area contributed by atoms with E-state index in [0.29, 0.717) is 5.41 Å². The first-order valence-corrected chi connectivity index (χ1v) is 8.68. The molecule has 4 aliphatic rings. The van der Waals surface area contributed by atoms with Crippen LogP contribution < -0.4 is 0 Å². The highest BCUT2D eigenvalue weighted by molar-refractivity contribution is 5.92. The number of fused-ring (bicyclic) bond motifs is 5. The third-order valence-corrected chi connectivity index (χ3v) is 7.51. The average Bonchev–Trinajstić information content (AvgIpc) is 2.83. The average molecular weight is 285 g/mol. The van der Waals surface area contributed by atoms with Crippen LogP contribution in [0, 0.1) is 28.6 Å². The zero-order valence-electron chi connectivity index (χ0n) is 13.3. The topological polar surface area (TPSA) is 32.6 Å². The van der Waals surface area contributed by atoms with Gasteiger partial charge in [-0.3, -0.25) is 0 Å². The van der Waals surface area contributed by atoms with Crippen molar-refractivity contribution in [3.63, 3.8) is 0 Å². The second kappa shape index (κ2) is 4.47. The second-order valence-electron chi connectivity index (χ2n) is 8.17. The molecule has 0 bridgehead atoms. The lowest BCUT2D eigenvalue weighted by atomic mass is 9.49. The Labute approximate surface area is 128 Å². The van der Waals surface area contributed by atoms with Gasteiger partial charge < -0.3 is 5.21 Å². The Morgan fingerprint density at radius 3 is 2.76 bits per heavy atom. The van der Waals surface area contributed by atoms with Crippen LogP contribution in [-0.4, -0.2) is 10.9 Å². The van der Waals surface area contributed by atoms with Crippen molar-refractivity contribution in [2.45, 2.75) is 58.8 Å². The lowest BCUT2D eigenvalue weighted by molar-refractivity contribution is 0.00164. The molecule has 0 saturated heterocycles. The Kier molecular flexibility index (Phi) is 2.90. The van der Waals surface area contributed by atoms with Gasteiger partial charge in [-0.2, -0.15) is 0 Å². The summed E-state index contributed by atoms with van der Waals surface area (Å²) in [5.41, 5.74) is 3.25. The summed E-state index contributed by atoms with van der Waals surface area (Å²) in [7, 11) is 0. The number of rotatable bonds is 0. The molecule has 5 atom stereocenters. The van der Waals surface area contributed by atoms with E-state index in [2.05, 4.69) is 37.2 Å². The molecule has 0 amide bonds. The first-order valence-electron chi connectivity index (χ1n) is 8.68. The molecule has 1 N–H and O–H groups in total. The summed E-state index contributed by atoms with van der Waals surface area (Å²) in [6.45, 7) is 4.87. The van der Waals surface area contributed by atoms with Crippen LogP contribution >= 0.6 is 0 Å². The number of allylic oxidation sites excluding steroid dienone is 4. The first-order chi connectivity index (χ1) is 10.1. The van der Waals surface area contributed by atoms with Gasteiger partial charge in [-0.15, -0.1) is 0 Å². The van der Waals surface area contributed by atoms with Crippen LogP contribution in [0.5, 0.6) is 0 Å². The van der Waals surface area contributed by atoms with Crippen LogP contribution in [0.4, 0.5) is 0 Å². The summed E-state index contributed by atoms with van der Waals surface area (Å²) in [4.78, 5) is 0. The minimum absolute atomic E-state index is 0.169. The monoisotopic (exact) mass is 285 g/mol. The highest BCUT2D eigenvalue weighted by Crippen LogP contribution is 2.63. The Bertz CT molecular complexity index is 546. The fourth-order valence-electron chi connectivity index (χ4n) is 6.25. The molecule has 21 heavy (non-hydrogen) atoms. The van der Waals surface area contributed by atoms with Crippen LogP contribution in [-0.2, 0) is 0 Å². The molecule has 2 nitrogen and oxygen atoms in total. The van der Waals surface area contributed by atoms with Gasteiger partial charge in [-0.05, 0) is 73.7 Å². The number of hydrogen-bond acceptors (Lipinski definition) is 2. The highest BCUT2D eigenvalue weighted by Gasteiger charge is 2.57. The zero-order chi connectivity index (χ0) is 14.7. The van der Waals surface area contributed by atoms with Gasteiger partial charge in [0.05, 0.1) is 5.71 Å². The Morgan fingerprint density at radius 2 is 1.95 bits per heavy atom. The molecule has 0 spiro atoms. The van der Waals surface area contributed by atoms with E-state index >= 15 is 0 Å². The minimum Gasteiger partial charge on any atom is -0.411 e. The maximum atomic E-state index is 9.37. The van der Waals surface area contributed by atoms with Gasteiger partial charge in [-0.25, -0.2) is 0 Å². The van der Waals surface area contributed by atoms with E-state index in [1.165, 1.54) is 38.5 Å².